The van der Waals surface area contributed by atoms with Crippen LogP contribution in [0.15, 0.2) is 54.6 Å². The van der Waals surface area contributed by atoms with Gasteiger partial charge in [0, 0.05) is 37.1 Å². The summed E-state index contributed by atoms with van der Waals surface area (Å²) in [5, 5.41) is 11.7. The Kier molecular flexibility index (Phi) is 10.7. The quantitative estimate of drug-likeness (QED) is 0.625. The number of fused-ring (bicyclic) bond motifs is 1. The van der Waals surface area contributed by atoms with Crippen molar-refractivity contribution in [3.05, 3.63) is 60.3 Å². The van der Waals surface area contributed by atoms with Crippen LogP contribution in [0.2, 0.25) is 0 Å². The van der Waals surface area contributed by atoms with Crippen LogP contribution in [-0.2, 0) is 21.4 Å². The molecule has 2 unspecified atom stereocenters. The van der Waals surface area contributed by atoms with Crippen molar-refractivity contribution in [3.8, 4) is 0 Å². The number of para-hydroxylation sites is 2. The first kappa shape index (κ1) is 24.7. The predicted octanol–water partition coefficient (Wildman–Crippen LogP) is 3.68. The van der Waals surface area contributed by atoms with E-state index >= 15 is 0 Å². The summed E-state index contributed by atoms with van der Waals surface area (Å²) in [7, 11) is 3.28. The molecule has 1 amide bonds. The lowest BCUT2D eigenvalue weighted by molar-refractivity contribution is -0.126. The fraction of sp³-hybridized carbons (Fsp3) is 0.348. The maximum Gasteiger partial charge on any atom is 0.292 e. The highest BCUT2D eigenvalue weighted by molar-refractivity contribution is 5.81. The van der Waals surface area contributed by atoms with E-state index in [1.54, 1.807) is 0 Å². The van der Waals surface area contributed by atoms with E-state index < -0.39 is 0 Å². The summed E-state index contributed by atoms with van der Waals surface area (Å²) in [4.78, 5) is 19.8. The second-order valence-corrected chi connectivity index (χ2v) is 6.85. The molecule has 0 fully saturated rings. The number of carbonyl (C=O) groups excluding carboxylic acids is 2. The monoisotopic (exact) mass is 412 g/mol. The maximum absolute atomic E-state index is 10.9. The van der Waals surface area contributed by atoms with Crippen LogP contribution in [0.1, 0.15) is 26.5 Å². The van der Waals surface area contributed by atoms with Crippen LogP contribution in [0.3, 0.4) is 0 Å². The van der Waals surface area contributed by atoms with Gasteiger partial charge in [-0.25, -0.2) is 0 Å². The molecule has 0 aliphatic carbocycles. The Morgan fingerprint density at radius 3 is 2.17 bits per heavy atom. The second kappa shape index (κ2) is 13.0. The van der Waals surface area contributed by atoms with Gasteiger partial charge < -0.3 is 15.4 Å². The highest BCUT2D eigenvalue weighted by atomic mass is 16.5. The fourth-order valence-electron chi connectivity index (χ4n) is 2.76. The molecule has 0 saturated heterocycles. The summed E-state index contributed by atoms with van der Waals surface area (Å²) >= 11 is 0. The Hall–Kier alpha value is -3.35. The van der Waals surface area contributed by atoms with Crippen LogP contribution in [0.25, 0.3) is 10.9 Å². The molecule has 3 rings (SSSR count). The third kappa shape index (κ3) is 8.34. The van der Waals surface area contributed by atoms with Gasteiger partial charge in [0.05, 0.1) is 18.3 Å². The Labute approximate surface area is 178 Å². The molecule has 0 spiro atoms. The largest absolute Gasteiger partial charge is 0.471 e. The number of carbonyl (C=O) groups is 2. The normalized spacial score (nSPS) is 11.7. The van der Waals surface area contributed by atoms with E-state index in [0.717, 1.165) is 11.4 Å². The molecule has 7 heteroatoms. The summed E-state index contributed by atoms with van der Waals surface area (Å²) in [5.41, 5.74) is 3.37. The van der Waals surface area contributed by atoms with Gasteiger partial charge in [-0.2, -0.15) is 5.10 Å². The van der Waals surface area contributed by atoms with Gasteiger partial charge >= 0.3 is 0 Å². The van der Waals surface area contributed by atoms with Gasteiger partial charge in [0.1, 0.15) is 0 Å². The zero-order valence-corrected chi connectivity index (χ0v) is 18.5. The number of anilines is 1. The summed E-state index contributed by atoms with van der Waals surface area (Å²) < 4.78 is 5.77. The number of nitrogens with one attached hydrogen (secondary N) is 2. The van der Waals surface area contributed by atoms with E-state index in [-0.39, 0.29) is 18.0 Å². The molecule has 7 nitrogen and oxygen atoms in total. The van der Waals surface area contributed by atoms with E-state index in [9.17, 15) is 4.79 Å². The highest BCUT2D eigenvalue weighted by Gasteiger charge is 2.12. The van der Waals surface area contributed by atoms with Crippen molar-refractivity contribution < 1.29 is 14.3 Å². The number of nitrogens with zero attached hydrogens (tertiary/aromatic N) is 2. The van der Waals surface area contributed by atoms with Crippen molar-refractivity contribution in [1.82, 2.24) is 15.1 Å². The molecule has 2 N–H and O–H groups in total. The van der Waals surface area contributed by atoms with Crippen molar-refractivity contribution in [2.24, 2.45) is 7.05 Å². The molecular formula is C23H32N4O3. The van der Waals surface area contributed by atoms with Gasteiger partial charge in [0.15, 0.2) is 0 Å². The minimum Gasteiger partial charge on any atom is -0.471 e. The molecule has 3 aromatic rings. The van der Waals surface area contributed by atoms with Crippen LogP contribution in [0, 0.1) is 6.92 Å². The SMILES string of the molecule is CC(=O)NC(C)C(C)Nc1ccccc1.COC=O.Cc1nn(C)c2ccccc12. The lowest BCUT2D eigenvalue weighted by Crippen LogP contribution is -2.42. The number of amides is 1. The number of hydrogen-bond donors (Lipinski definition) is 2. The van der Waals surface area contributed by atoms with Crippen LogP contribution in [0.4, 0.5) is 5.69 Å². The number of rotatable bonds is 5. The fourth-order valence-corrected chi connectivity index (χ4v) is 2.76. The summed E-state index contributed by atoms with van der Waals surface area (Å²) in [5.74, 6) is 0.00390. The molecule has 2 aromatic carbocycles. The average molecular weight is 413 g/mol. The highest BCUT2D eigenvalue weighted by Crippen LogP contribution is 2.15. The van der Waals surface area contributed by atoms with E-state index in [1.807, 2.05) is 75.0 Å². The first-order valence-electron chi connectivity index (χ1n) is 9.73. The van der Waals surface area contributed by atoms with Gasteiger partial charge in [-0.1, -0.05) is 36.4 Å². The van der Waals surface area contributed by atoms with Gasteiger partial charge in [0.25, 0.3) is 6.47 Å². The summed E-state index contributed by atoms with van der Waals surface area (Å²) in [6.45, 7) is 7.98. The Morgan fingerprint density at radius 1 is 1.07 bits per heavy atom. The molecule has 2 atom stereocenters. The second-order valence-electron chi connectivity index (χ2n) is 6.85. The predicted molar refractivity (Wildman–Crippen MR) is 121 cm³/mol. The third-order valence-electron chi connectivity index (χ3n) is 4.39. The number of aryl methyl sites for hydroxylation is 2. The van der Waals surface area contributed by atoms with Crippen molar-refractivity contribution >= 4 is 29.0 Å². The smallest absolute Gasteiger partial charge is 0.292 e. The molecule has 0 aliphatic heterocycles. The molecule has 1 aromatic heterocycles. The molecule has 0 radical (unpaired) electrons. The minimum absolute atomic E-state index is 0.00390. The minimum atomic E-state index is 0.00390. The topological polar surface area (TPSA) is 85.2 Å². The van der Waals surface area contributed by atoms with Crippen LogP contribution in [0.5, 0.6) is 0 Å². The standard InChI is InChI=1S/C12H18N2O.C9H10N2.C2H4O2/c1-9(13-11(3)15)10(2)14-12-7-5-4-6-8-12;1-7-8-5-3-4-6-9(8)11(2)10-7;1-4-2-3/h4-10,14H,1-3H3,(H,13,15);3-6H,1-2H3;2H,1H3. The number of hydrogen-bond acceptors (Lipinski definition) is 5. The van der Waals surface area contributed by atoms with E-state index in [2.05, 4.69) is 32.6 Å². The lowest BCUT2D eigenvalue weighted by atomic mass is 10.1. The number of ether oxygens (including phenoxy) is 1. The lowest BCUT2D eigenvalue weighted by Gasteiger charge is -2.22. The van der Waals surface area contributed by atoms with Gasteiger partial charge in [-0.05, 0) is 39.0 Å². The average Bonchev–Trinajstić information content (AvgIpc) is 3.03. The van der Waals surface area contributed by atoms with Crippen LogP contribution < -0.4 is 10.6 Å². The Bertz CT molecular complexity index is 873. The molecule has 30 heavy (non-hydrogen) atoms. The third-order valence-corrected chi connectivity index (χ3v) is 4.39. The van der Waals surface area contributed by atoms with Gasteiger partial charge in [-0.15, -0.1) is 0 Å². The number of aromatic nitrogens is 2. The number of benzene rings is 2. The molecule has 0 aliphatic rings. The molecule has 0 saturated carbocycles. The Morgan fingerprint density at radius 2 is 1.63 bits per heavy atom. The van der Waals surface area contributed by atoms with Crippen LogP contribution in [-0.4, -0.2) is 41.4 Å². The molecule has 0 bridgehead atoms. The van der Waals surface area contributed by atoms with Crippen LogP contribution >= 0.6 is 0 Å². The van der Waals surface area contributed by atoms with Gasteiger partial charge in [0.2, 0.25) is 5.91 Å². The van der Waals surface area contributed by atoms with Gasteiger partial charge in [-0.3, -0.25) is 14.3 Å². The molecule has 1 heterocycles. The molecule has 162 valence electrons. The zero-order valence-electron chi connectivity index (χ0n) is 18.5. The number of methoxy groups -OCH3 is 1. The van der Waals surface area contributed by atoms with Crippen molar-refractivity contribution in [1.29, 1.82) is 0 Å². The maximum atomic E-state index is 10.9. The van der Waals surface area contributed by atoms with E-state index in [4.69, 9.17) is 4.79 Å². The van der Waals surface area contributed by atoms with E-state index in [1.165, 1.54) is 24.9 Å². The van der Waals surface area contributed by atoms with E-state index in [0.29, 0.717) is 6.47 Å². The van der Waals surface area contributed by atoms with Crippen molar-refractivity contribution in [3.63, 3.8) is 0 Å². The summed E-state index contributed by atoms with van der Waals surface area (Å²) in [6, 6.07) is 18.5. The first-order valence-corrected chi connectivity index (χ1v) is 9.73. The summed E-state index contributed by atoms with van der Waals surface area (Å²) in [6.07, 6.45) is 0. The first-order chi connectivity index (χ1) is 14.3. The van der Waals surface area contributed by atoms with Crippen molar-refractivity contribution in [2.45, 2.75) is 39.8 Å². The molecular weight excluding hydrogens is 380 g/mol. The zero-order chi connectivity index (χ0) is 22.5. The van der Waals surface area contributed by atoms with Crippen molar-refractivity contribution in [2.75, 3.05) is 12.4 Å². The Balaban J connectivity index is 0.000000262.